The molecule has 0 aliphatic carbocycles. The van der Waals surface area contributed by atoms with Gasteiger partial charge in [0.15, 0.2) is 5.78 Å². The Balaban J connectivity index is 2.47. The zero-order chi connectivity index (χ0) is 15.3. The predicted molar refractivity (Wildman–Crippen MR) is 64.6 cm³/mol. The van der Waals surface area contributed by atoms with Gasteiger partial charge in [0.05, 0.1) is 4.47 Å². The molecule has 0 aliphatic heterocycles. The lowest BCUT2D eigenvalue weighted by Gasteiger charge is -2.14. The van der Waals surface area contributed by atoms with Crippen LogP contribution in [0.2, 0.25) is 0 Å². The first-order valence-electron chi connectivity index (χ1n) is 5.42. The Morgan fingerprint density at radius 3 is 2.60 bits per heavy atom. The molecule has 1 aromatic rings. The molecule has 0 unspecified atom stereocenters. The van der Waals surface area contributed by atoms with Crippen molar-refractivity contribution in [1.82, 2.24) is 0 Å². The van der Waals surface area contributed by atoms with E-state index in [1.165, 1.54) is 18.2 Å². The summed E-state index contributed by atoms with van der Waals surface area (Å²) in [5.74, 6) is -5.48. The Bertz CT molecular complexity index is 479. The Kier molecular flexibility index (Phi) is 6.07. The molecular weight excluding hydrogens is 351 g/mol. The molecule has 0 saturated carbocycles. The first-order chi connectivity index (χ1) is 9.24. The van der Waals surface area contributed by atoms with Gasteiger partial charge in [-0.05, 0) is 27.6 Å². The minimum Gasteiger partial charge on any atom is -0.367 e. The topological polar surface area (TPSA) is 26.3 Å². The lowest BCUT2D eigenvalue weighted by atomic mass is 10.1. The molecule has 2 nitrogen and oxygen atoms in total. The molecular formula is C12H10BrF5O2. The fourth-order valence-electron chi connectivity index (χ4n) is 1.31. The fourth-order valence-corrected chi connectivity index (χ4v) is 1.72. The summed E-state index contributed by atoms with van der Waals surface area (Å²) >= 11 is 2.94. The van der Waals surface area contributed by atoms with E-state index in [1.54, 1.807) is 0 Å². The lowest BCUT2D eigenvalue weighted by molar-refractivity contribution is -0.168. The molecule has 20 heavy (non-hydrogen) atoms. The number of rotatable bonds is 7. The van der Waals surface area contributed by atoms with Crippen molar-refractivity contribution in [3.63, 3.8) is 0 Å². The van der Waals surface area contributed by atoms with Crippen LogP contribution in [0, 0.1) is 5.82 Å². The van der Waals surface area contributed by atoms with Gasteiger partial charge < -0.3 is 4.74 Å². The maximum Gasteiger partial charge on any atom is 0.330 e. The Morgan fingerprint density at radius 1 is 1.35 bits per heavy atom. The highest BCUT2D eigenvalue weighted by atomic mass is 79.9. The summed E-state index contributed by atoms with van der Waals surface area (Å²) in [4.78, 5) is 11.4. The summed E-state index contributed by atoms with van der Waals surface area (Å²) in [5, 5.41) is 0. The minimum atomic E-state index is -4.29. The van der Waals surface area contributed by atoms with Crippen molar-refractivity contribution in [1.29, 1.82) is 0 Å². The van der Waals surface area contributed by atoms with E-state index in [-0.39, 0.29) is 10.9 Å². The Hall–Kier alpha value is -1.02. The van der Waals surface area contributed by atoms with Crippen molar-refractivity contribution in [2.75, 3.05) is 13.2 Å². The second-order valence-electron chi connectivity index (χ2n) is 3.98. The van der Waals surface area contributed by atoms with Crippen molar-refractivity contribution in [2.45, 2.75) is 18.8 Å². The molecule has 0 heterocycles. The molecule has 0 bridgehead atoms. The van der Waals surface area contributed by atoms with Crippen LogP contribution in [0.5, 0.6) is 0 Å². The third kappa shape index (κ3) is 4.82. The van der Waals surface area contributed by atoms with Crippen LogP contribution in [0.25, 0.3) is 0 Å². The van der Waals surface area contributed by atoms with E-state index in [2.05, 4.69) is 20.7 Å². The number of ketones is 1. The highest BCUT2D eigenvalue weighted by Gasteiger charge is 2.41. The highest BCUT2D eigenvalue weighted by molar-refractivity contribution is 9.10. The minimum absolute atomic E-state index is 0.0891. The molecule has 112 valence electrons. The molecule has 0 amide bonds. The first kappa shape index (κ1) is 17.0. The average molecular weight is 361 g/mol. The fraction of sp³-hybridized carbons (Fsp3) is 0.417. The maximum atomic E-state index is 13.2. The number of halogens is 6. The normalized spacial score (nSPS) is 11.9. The number of hydrogen-bond donors (Lipinski definition) is 0. The molecule has 0 saturated heterocycles. The van der Waals surface area contributed by atoms with Gasteiger partial charge in [0.1, 0.15) is 19.0 Å². The van der Waals surface area contributed by atoms with Gasteiger partial charge in [-0.15, -0.1) is 0 Å². The van der Waals surface area contributed by atoms with Crippen molar-refractivity contribution < 1.29 is 31.5 Å². The standard InChI is InChI=1S/C12H10BrF5O2/c13-10-7(2-1-3-9(10)14)4-8(19)5-20-6-12(17,18)11(15)16/h1-3,11H,4-6H2. The average Bonchev–Trinajstić information content (AvgIpc) is 2.34. The van der Waals surface area contributed by atoms with Crippen LogP contribution in [0.3, 0.4) is 0 Å². The summed E-state index contributed by atoms with van der Waals surface area (Å²) < 4.78 is 66.2. The van der Waals surface area contributed by atoms with Gasteiger partial charge in [-0.2, -0.15) is 8.78 Å². The van der Waals surface area contributed by atoms with E-state index < -0.39 is 37.2 Å². The van der Waals surface area contributed by atoms with E-state index in [0.29, 0.717) is 5.56 Å². The van der Waals surface area contributed by atoms with Gasteiger partial charge in [-0.1, -0.05) is 12.1 Å². The highest BCUT2D eigenvalue weighted by Crippen LogP contribution is 2.23. The molecule has 1 rings (SSSR count). The second-order valence-corrected chi connectivity index (χ2v) is 4.78. The zero-order valence-corrected chi connectivity index (χ0v) is 11.6. The molecule has 0 aliphatic rings. The van der Waals surface area contributed by atoms with E-state index in [0.717, 1.165) is 0 Å². The van der Waals surface area contributed by atoms with Gasteiger partial charge in [0, 0.05) is 6.42 Å². The second kappa shape index (κ2) is 7.12. The summed E-state index contributed by atoms with van der Waals surface area (Å²) in [5.41, 5.74) is 0.319. The quantitative estimate of drug-likeness (QED) is 0.694. The van der Waals surface area contributed by atoms with Crippen molar-refractivity contribution in [2.24, 2.45) is 0 Å². The predicted octanol–water partition coefficient (Wildman–Crippen LogP) is 3.62. The van der Waals surface area contributed by atoms with Crippen molar-refractivity contribution in [3.05, 3.63) is 34.1 Å². The number of carbonyl (C=O) groups is 1. The summed E-state index contributed by atoms with van der Waals surface area (Å²) in [6, 6.07) is 4.03. The number of Topliss-reactive ketones (excluding diaryl/α,β-unsaturated/α-hetero) is 1. The molecule has 0 fully saturated rings. The van der Waals surface area contributed by atoms with Crippen LogP contribution >= 0.6 is 15.9 Å². The van der Waals surface area contributed by atoms with Crippen LogP contribution in [0.4, 0.5) is 22.0 Å². The van der Waals surface area contributed by atoms with E-state index in [9.17, 15) is 26.7 Å². The van der Waals surface area contributed by atoms with E-state index in [4.69, 9.17) is 0 Å². The molecule has 0 N–H and O–H groups in total. The van der Waals surface area contributed by atoms with Crippen LogP contribution in [-0.2, 0) is 16.0 Å². The smallest absolute Gasteiger partial charge is 0.330 e. The molecule has 8 heteroatoms. The monoisotopic (exact) mass is 360 g/mol. The summed E-state index contributed by atoms with van der Waals surface area (Å²) in [7, 11) is 0. The van der Waals surface area contributed by atoms with Gasteiger partial charge in [0.25, 0.3) is 0 Å². The third-order valence-corrected chi connectivity index (χ3v) is 3.18. The third-order valence-electron chi connectivity index (χ3n) is 2.30. The van der Waals surface area contributed by atoms with Crippen molar-refractivity contribution >= 4 is 21.7 Å². The van der Waals surface area contributed by atoms with Crippen LogP contribution < -0.4 is 0 Å². The van der Waals surface area contributed by atoms with E-state index in [1.807, 2.05) is 0 Å². The van der Waals surface area contributed by atoms with Crippen LogP contribution in [-0.4, -0.2) is 31.3 Å². The summed E-state index contributed by atoms with van der Waals surface area (Å²) in [6.07, 6.45) is -4.10. The van der Waals surface area contributed by atoms with Gasteiger partial charge in [0.2, 0.25) is 0 Å². The first-order valence-corrected chi connectivity index (χ1v) is 6.21. The lowest BCUT2D eigenvalue weighted by Crippen LogP contribution is -2.33. The molecule has 0 spiro atoms. The number of hydrogen-bond acceptors (Lipinski definition) is 2. The molecule has 0 radical (unpaired) electrons. The molecule has 0 atom stereocenters. The zero-order valence-electron chi connectivity index (χ0n) is 10.0. The van der Waals surface area contributed by atoms with Gasteiger partial charge in [-0.3, -0.25) is 4.79 Å². The Labute approximate surface area is 120 Å². The number of alkyl halides is 4. The SMILES string of the molecule is O=C(COCC(F)(F)C(F)F)Cc1cccc(F)c1Br. The molecule has 0 aromatic heterocycles. The van der Waals surface area contributed by atoms with Crippen LogP contribution in [0.1, 0.15) is 5.56 Å². The molecule has 1 aromatic carbocycles. The van der Waals surface area contributed by atoms with Gasteiger partial charge >= 0.3 is 12.3 Å². The largest absolute Gasteiger partial charge is 0.367 e. The number of ether oxygens (including phenoxy) is 1. The Morgan fingerprint density at radius 2 is 2.00 bits per heavy atom. The van der Waals surface area contributed by atoms with Crippen molar-refractivity contribution in [3.8, 4) is 0 Å². The number of benzene rings is 1. The maximum absolute atomic E-state index is 13.2. The van der Waals surface area contributed by atoms with E-state index >= 15 is 0 Å². The summed E-state index contributed by atoms with van der Waals surface area (Å²) in [6.45, 7) is -2.29. The number of carbonyl (C=O) groups excluding carboxylic acids is 1. The van der Waals surface area contributed by atoms with Crippen LogP contribution in [0.15, 0.2) is 22.7 Å². The van der Waals surface area contributed by atoms with Gasteiger partial charge in [-0.25, -0.2) is 13.2 Å².